The maximum Gasteiger partial charge on any atom is 0.220 e. The van der Waals surface area contributed by atoms with E-state index in [1.165, 1.54) is 31.5 Å². The first-order valence-electron chi connectivity index (χ1n) is 11.7. The second kappa shape index (κ2) is 10.8. The van der Waals surface area contributed by atoms with Gasteiger partial charge in [-0.2, -0.15) is 0 Å². The van der Waals surface area contributed by atoms with Crippen LogP contribution in [-0.4, -0.2) is 73.6 Å². The van der Waals surface area contributed by atoms with Crippen LogP contribution in [0.1, 0.15) is 36.9 Å². The molecule has 0 bridgehead atoms. The Bertz CT molecular complexity index is 880. The van der Waals surface area contributed by atoms with E-state index in [9.17, 15) is 4.79 Å². The van der Waals surface area contributed by atoms with Crippen molar-refractivity contribution in [3.63, 3.8) is 0 Å². The van der Waals surface area contributed by atoms with Crippen LogP contribution in [0.15, 0.2) is 48.5 Å². The molecule has 6 nitrogen and oxygen atoms in total. The predicted octanol–water partition coefficient (Wildman–Crippen LogP) is 3.58. The summed E-state index contributed by atoms with van der Waals surface area (Å²) in [4.78, 5) is 19.2. The van der Waals surface area contributed by atoms with Gasteiger partial charge >= 0.3 is 0 Å². The van der Waals surface area contributed by atoms with Crippen LogP contribution in [0.25, 0.3) is 0 Å². The summed E-state index contributed by atoms with van der Waals surface area (Å²) in [5.74, 6) is 1.92. The van der Waals surface area contributed by atoms with Crippen LogP contribution < -0.4 is 9.47 Å². The number of piperazine rings is 1. The SMILES string of the molecule is COc1ccc([C@H]2CN(Cc3ccccc3OCCN3CCCC3)CCN2C(C)=O)cc1. The van der Waals surface area contributed by atoms with Crippen LogP contribution in [0.2, 0.25) is 0 Å². The van der Waals surface area contributed by atoms with Crippen molar-refractivity contribution in [3.8, 4) is 11.5 Å². The van der Waals surface area contributed by atoms with Crippen molar-refractivity contribution in [1.82, 2.24) is 14.7 Å². The van der Waals surface area contributed by atoms with Gasteiger partial charge in [0.2, 0.25) is 5.91 Å². The summed E-state index contributed by atoms with van der Waals surface area (Å²) in [6.07, 6.45) is 2.61. The molecule has 0 aromatic heterocycles. The van der Waals surface area contributed by atoms with E-state index < -0.39 is 0 Å². The Kier molecular flexibility index (Phi) is 7.66. The summed E-state index contributed by atoms with van der Waals surface area (Å²) in [7, 11) is 1.67. The monoisotopic (exact) mass is 437 g/mol. The predicted molar refractivity (Wildman–Crippen MR) is 126 cm³/mol. The van der Waals surface area contributed by atoms with E-state index in [0.29, 0.717) is 0 Å². The lowest BCUT2D eigenvalue weighted by molar-refractivity contribution is -0.134. The third-order valence-electron chi connectivity index (χ3n) is 6.60. The quantitative estimate of drug-likeness (QED) is 0.632. The Morgan fingerprint density at radius 2 is 1.72 bits per heavy atom. The van der Waals surface area contributed by atoms with Crippen LogP contribution in [0, 0.1) is 0 Å². The molecule has 4 rings (SSSR count). The number of carbonyl (C=O) groups excluding carboxylic acids is 1. The van der Waals surface area contributed by atoms with Gasteiger partial charge in [-0.05, 0) is 49.7 Å². The lowest BCUT2D eigenvalue weighted by Crippen LogP contribution is -2.49. The highest BCUT2D eigenvalue weighted by molar-refractivity contribution is 5.74. The summed E-state index contributed by atoms with van der Waals surface area (Å²) in [5, 5.41) is 0. The Morgan fingerprint density at radius 1 is 0.969 bits per heavy atom. The number of nitrogens with zero attached hydrogens (tertiary/aromatic N) is 3. The first-order chi connectivity index (χ1) is 15.6. The average molecular weight is 438 g/mol. The van der Waals surface area contributed by atoms with Gasteiger partial charge < -0.3 is 14.4 Å². The van der Waals surface area contributed by atoms with Gasteiger partial charge in [-0.3, -0.25) is 14.6 Å². The number of likely N-dealkylation sites (tertiary alicyclic amines) is 1. The number of hydrogen-bond donors (Lipinski definition) is 0. The minimum atomic E-state index is 0.0374. The van der Waals surface area contributed by atoms with E-state index in [1.54, 1.807) is 14.0 Å². The number of para-hydroxylation sites is 1. The molecule has 2 heterocycles. The van der Waals surface area contributed by atoms with Crippen molar-refractivity contribution >= 4 is 5.91 Å². The summed E-state index contributed by atoms with van der Waals surface area (Å²) < 4.78 is 11.5. The maximum absolute atomic E-state index is 12.3. The lowest BCUT2D eigenvalue weighted by Gasteiger charge is -2.41. The Balaban J connectivity index is 1.42. The van der Waals surface area contributed by atoms with Crippen LogP contribution >= 0.6 is 0 Å². The Morgan fingerprint density at radius 3 is 2.44 bits per heavy atom. The highest BCUT2D eigenvalue weighted by atomic mass is 16.5. The van der Waals surface area contributed by atoms with Crippen LogP contribution in [0.4, 0.5) is 0 Å². The highest BCUT2D eigenvalue weighted by Crippen LogP contribution is 2.29. The molecule has 2 aromatic carbocycles. The van der Waals surface area contributed by atoms with Crippen molar-refractivity contribution < 1.29 is 14.3 Å². The molecule has 0 unspecified atom stereocenters. The number of amides is 1. The van der Waals surface area contributed by atoms with Crippen molar-refractivity contribution in [3.05, 3.63) is 59.7 Å². The molecule has 2 aliphatic rings. The van der Waals surface area contributed by atoms with Crippen molar-refractivity contribution in [2.75, 3.05) is 53.0 Å². The Hall–Kier alpha value is -2.57. The van der Waals surface area contributed by atoms with Crippen LogP contribution in [-0.2, 0) is 11.3 Å². The molecule has 0 saturated carbocycles. The van der Waals surface area contributed by atoms with Crippen molar-refractivity contribution in [2.24, 2.45) is 0 Å². The number of methoxy groups -OCH3 is 1. The molecule has 2 fully saturated rings. The van der Waals surface area contributed by atoms with Gasteiger partial charge in [0.1, 0.15) is 18.1 Å². The van der Waals surface area contributed by atoms with Gasteiger partial charge in [-0.25, -0.2) is 0 Å². The third kappa shape index (κ3) is 5.61. The molecule has 0 radical (unpaired) electrons. The van der Waals surface area contributed by atoms with E-state index >= 15 is 0 Å². The van der Waals surface area contributed by atoms with Gasteiger partial charge in [0.15, 0.2) is 0 Å². The zero-order chi connectivity index (χ0) is 22.3. The van der Waals surface area contributed by atoms with Crippen molar-refractivity contribution in [2.45, 2.75) is 32.4 Å². The maximum atomic E-state index is 12.3. The molecule has 172 valence electrons. The zero-order valence-electron chi connectivity index (χ0n) is 19.3. The number of rotatable bonds is 8. The van der Waals surface area contributed by atoms with Crippen LogP contribution in [0.3, 0.4) is 0 Å². The van der Waals surface area contributed by atoms with Crippen molar-refractivity contribution in [1.29, 1.82) is 0 Å². The molecule has 0 aliphatic carbocycles. The van der Waals surface area contributed by atoms with Gasteiger partial charge in [0, 0.05) is 45.2 Å². The normalized spacial score (nSPS) is 19.8. The number of ether oxygens (including phenoxy) is 2. The Labute approximate surface area is 191 Å². The summed E-state index contributed by atoms with van der Waals surface area (Å²) in [5.41, 5.74) is 2.35. The fourth-order valence-electron chi connectivity index (χ4n) is 4.78. The van der Waals surface area contributed by atoms with E-state index in [4.69, 9.17) is 9.47 Å². The fourth-order valence-corrected chi connectivity index (χ4v) is 4.78. The number of hydrogen-bond acceptors (Lipinski definition) is 5. The molecule has 1 atom stereocenters. The molecule has 6 heteroatoms. The van der Waals surface area contributed by atoms with Gasteiger partial charge in [0.25, 0.3) is 0 Å². The molecule has 1 amide bonds. The number of carbonyl (C=O) groups is 1. The van der Waals surface area contributed by atoms with Gasteiger partial charge in [-0.1, -0.05) is 30.3 Å². The first-order valence-corrected chi connectivity index (χ1v) is 11.7. The smallest absolute Gasteiger partial charge is 0.220 e. The minimum Gasteiger partial charge on any atom is -0.497 e. The minimum absolute atomic E-state index is 0.0374. The molecule has 0 spiro atoms. The van der Waals surface area contributed by atoms with E-state index in [0.717, 1.165) is 56.4 Å². The average Bonchev–Trinajstić information content (AvgIpc) is 3.34. The van der Waals surface area contributed by atoms with E-state index in [2.05, 4.69) is 40.1 Å². The standard InChI is InChI=1S/C26H35N3O3/c1-21(30)29-16-15-28(20-25(29)22-9-11-24(31-2)12-10-22)19-23-7-3-4-8-26(23)32-18-17-27-13-5-6-14-27/h3-4,7-12,25H,5-6,13-20H2,1-2H3/t25-/m1/s1. The second-order valence-corrected chi connectivity index (χ2v) is 8.74. The third-order valence-corrected chi connectivity index (χ3v) is 6.60. The summed E-state index contributed by atoms with van der Waals surface area (Å²) in [6, 6.07) is 16.5. The largest absolute Gasteiger partial charge is 0.497 e. The molecule has 2 aliphatic heterocycles. The highest BCUT2D eigenvalue weighted by Gasteiger charge is 2.30. The molecule has 2 aromatic rings. The van der Waals surface area contributed by atoms with Gasteiger partial charge in [-0.15, -0.1) is 0 Å². The fraction of sp³-hybridized carbons (Fsp3) is 0.500. The molecule has 0 N–H and O–H groups in total. The van der Waals surface area contributed by atoms with Gasteiger partial charge in [0.05, 0.1) is 13.2 Å². The lowest BCUT2D eigenvalue weighted by atomic mass is 10.0. The summed E-state index contributed by atoms with van der Waals surface area (Å²) >= 11 is 0. The summed E-state index contributed by atoms with van der Waals surface area (Å²) in [6.45, 7) is 8.96. The second-order valence-electron chi connectivity index (χ2n) is 8.74. The molecule has 2 saturated heterocycles. The molecule has 32 heavy (non-hydrogen) atoms. The zero-order valence-corrected chi connectivity index (χ0v) is 19.3. The van der Waals surface area contributed by atoms with E-state index in [-0.39, 0.29) is 11.9 Å². The van der Waals surface area contributed by atoms with Crippen LogP contribution in [0.5, 0.6) is 11.5 Å². The number of benzene rings is 2. The van der Waals surface area contributed by atoms with E-state index in [1.807, 2.05) is 23.1 Å². The molecular weight excluding hydrogens is 402 g/mol. The topological polar surface area (TPSA) is 45.3 Å². The first kappa shape index (κ1) is 22.6. The molecular formula is C26H35N3O3.